The summed E-state index contributed by atoms with van der Waals surface area (Å²) < 4.78 is 9.45. The molecule has 3 aromatic rings. The lowest BCUT2D eigenvalue weighted by Crippen LogP contribution is -2.25. The number of ether oxygens (including phenoxy) is 1. The Morgan fingerprint density at radius 3 is 2.96 bits per heavy atom. The molecule has 2 aromatic heterocycles. The molecule has 1 unspecified atom stereocenters. The van der Waals surface area contributed by atoms with Gasteiger partial charge in [-0.15, -0.1) is 11.3 Å². The maximum atomic E-state index is 11.5. The monoisotopic (exact) mass is 382 g/mol. The highest BCUT2D eigenvalue weighted by atomic mass is 32.1. The van der Waals surface area contributed by atoms with Crippen LogP contribution in [0.1, 0.15) is 38.6 Å². The van der Waals surface area contributed by atoms with Crippen LogP contribution in [0, 0.1) is 5.92 Å². The van der Waals surface area contributed by atoms with Gasteiger partial charge in [-0.2, -0.15) is 5.10 Å². The number of thiazole rings is 1. The second-order valence-corrected chi connectivity index (χ2v) is 8.41. The molecule has 1 N–H and O–H groups in total. The summed E-state index contributed by atoms with van der Waals surface area (Å²) >= 11 is 1.59. The third-order valence-electron chi connectivity index (χ3n) is 5.77. The molecule has 1 saturated heterocycles. The molecule has 6 nitrogen and oxygen atoms in total. The number of nitrogens with one attached hydrogen (secondary N) is 1. The molecule has 140 valence electrons. The van der Waals surface area contributed by atoms with Gasteiger partial charge in [0.1, 0.15) is 11.9 Å². The molecule has 7 heteroatoms. The number of carbonyl (C=O) groups excluding carboxylic acids is 1. The zero-order valence-corrected chi connectivity index (χ0v) is 16.0. The van der Waals surface area contributed by atoms with Crippen molar-refractivity contribution in [1.29, 1.82) is 0 Å². The summed E-state index contributed by atoms with van der Waals surface area (Å²) in [7, 11) is 0. The zero-order valence-electron chi connectivity index (χ0n) is 15.2. The first-order valence-electron chi connectivity index (χ1n) is 9.52. The predicted molar refractivity (Wildman–Crippen MR) is 105 cm³/mol. The molecule has 2 atom stereocenters. The van der Waals surface area contributed by atoms with Gasteiger partial charge >= 0.3 is 0 Å². The Hall–Kier alpha value is -2.41. The van der Waals surface area contributed by atoms with Crippen LogP contribution in [-0.4, -0.2) is 33.3 Å². The second-order valence-electron chi connectivity index (χ2n) is 7.56. The molecule has 1 saturated carbocycles. The molecule has 1 aliphatic heterocycles. The fourth-order valence-electron chi connectivity index (χ4n) is 3.79. The van der Waals surface area contributed by atoms with E-state index in [1.54, 1.807) is 11.3 Å². The minimum absolute atomic E-state index is 0.0396. The van der Waals surface area contributed by atoms with Crippen molar-refractivity contribution in [2.75, 3.05) is 6.54 Å². The summed E-state index contributed by atoms with van der Waals surface area (Å²) in [6.45, 7) is 2.72. The molecule has 2 fully saturated rings. The second kappa shape index (κ2) is 6.64. The Morgan fingerprint density at radius 1 is 1.33 bits per heavy atom. The van der Waals surface area contributed by atoms with E-state index in [1.807, 2.05) is 18.6 Å². The van der Waals surface area contributed by atoms with Crippen LogP contribution in [-0.2, 0) is 4.79 Å². The van der Waals surface area contributed by atoms with Crippen molar-refractivity contribution in [3.8, 4) is 16.9 Å². The van der Waals surface area contributed by atoms with Crippen molar-refractivity contribution in [1.82, 2.24) is 20.1 Å². The number of benzene rings is 1. The van der Waals surface area contributed by atoms with Gasteiger partial charge in [-0.3, -0.25) is 9.48 Å². The minimum Gasteiger partial charge on any atom is -0.489 e. The Balaban J connectivity index is 1.45. The van der Waals surface area contributed by atoms with Gasteiger partial charge in [0.15, 0.2) is 0 Å². The molecule has 3 heterocycles. The minimum atomic E-state index is -0.0396. The SMILES string of the molecule is CC(Oc1cc(-c2cnn(C3CCC3)c2)cc2ncsc12)[C@H]1CNC(=O)C1. The maximum Gasteiger partial charge on any atom is 0.220 e. The van der Waals surface area contributed by atoms with Crippen LogP contribution >= 0.6 is 11.3 Å². The molecule has 27 heavy (non-hydrogen) atoms. The number of hydrogen-bond acceptors (Lipinski definition) is 5. The van der Waals surface area contributed by atoms with Crippen molar-refractivity contribution >= 4 is 27.5 Å². The molecule has 1 aliphatic carbocycles. The topological polar surface area (TPSA) is 69.0 Å². The van der Waals surface area contributed by atoms with Crippen LogP contribution in [0.25, 0.3) is 21.3 Å². The number of fused-ring (bicyclic) bond motifs is 1. The van der Waals surface area contributed by atoms with E-state index in [0.717, 1.165) is 27.1 Å². The van der Waals surface area contributed by atoms with E-state index in [0.29, 0.717) is 19.0 Å². The van der Waals surface area contributed by atoms with Crippen LogP contribution in [0.5, 0.6) is 5.75 Å². The lowest BCUT2D eigenvalue weighted by Gasteiger charge is -2.25. The van der Waals surface area contributed by atoms with Crippen molar-refractivity contribution in [2.45, 2.75) is 44.8 Å². The van der Waals surface area contributed by atoms with Gasteiger partial charge < -0.3 is 10.1 Å². The van der Waals surface area contributed by atoms with E-state index < -0.39 is 0 Å². The average molecular weight is 382 g/mol. The zero-order chi connectivity index (χ0) is 18.4. The Kier molecular flexibility index (Phi) is 4.11. The lowest BCUT2D eigenvalue weighted by molar-refractivity contribution is -0.119. The highest BCUT2D eigenvalue weighted by Crippen LogP contribution is 2.37. The number of hydrogen-bond donors (Lipinski definition) is 1. The average Bonchev–Trinajstić information content (AvgIpc) is 3.33. The summed E-state index contributed by atoms with van der Waals surface area (Å²) in [5.41, 5.74) is 4.95. The molecule has 0 radical (unpaired) electrons. The number of aromatic nitrogens is 3. The van der Waals surface area contributed by atoms with Crippen molar-refractivity contribution < 1.29 is 9.53 Å². The molecule has 0 spiro atoms. The molecule has 1 aromatic carbocycles. The Morgan fingerprint density at radius 2 is 2.22 bits per heavy atom. The van der Waals surface area contributed by atoms with Crippen LogP contribution < -0.4 is 10.1 Å². The van der Waals surface area contributed by atoms with Gasteiger partial charge in [0.05, 0.1) is 28.0 Å². The Labute approximate surface area is 161 Å². The van der Waals surface area contributed by atoms with Crippen molar-refractivity contribution in [3.05, 3.63) is 30.0 Å². The van der Waals surface area contributed by atoms with Gasteiger partial charge in [-0.1, -0.05) is 0 Å². The van der Waals surface area contributed by atoms with Crippen LogP contribution in [0.3, 0.4) is 0 Å². The summed E-state index contributed by atoms with van der Waals surface area (Å²) in [5, 5.41) is 7.45. The summed E-state index contributed by atoms with van der Waals surface area (Å²) in [5.74, 6) is 1.15. The third kappa shape index (κ3) is 3.10. The van der Waals surface area contributed by atoms with Crippen molar-refractivity contribution in [2.24, 2.45) is 5.92 Å². The summed E-state index contributed by atoms with van der Waals surface area (Å²) in [6, 6.07) is 4.74. The van der Waals surface area contributed by atoms with Gasteiger partial charge in [-0.25, -0.2) is 4.98 Å². The number of amides is 1. The first-order valence-corrected chi connectivity index (χ1v) is 10.4. The van der Waals surface area contributed by atoms with E-state index in [2.05, 4.69) is 38.4 Å². The number of nitrogens with zero attached hydrogens (tertiary/aromatic N) is 3. The third-order valence-corrected chi connectivity index (χ3v) is 6.62. The lowest BCUT2D eigenvalue weighted by atomic mass is 9.93. The summed E-state index contributed by atoms with van der Waals surface area (Å²) in [6.07, 6.45) is 8.27. The fraction of sp³-hybridized carbons (Fsp3) is 0.450. The smallest absolute Gasteiger partial charge is 0.220 e. The van der Waals surface area contributed by atoms with E-state index >= 15 is 0 Å². The number of rotatable bonds is 5. The molecule has 5 rings (SSSR count). The first kappa shape index (κ1) is 16.7. The van der Waals surface area contributed by atoms with E-state index in [9.17, 15) is 4.79 Å². The standard InChI is InChI=1S/C20H22N4O2S/c1-12(14-7-19(25)21-8-14)26-18-6-13(5-17-20(18)27-11-22-17)15-9-23-24(10-15)16-3-2-4-16/h5-6,9-12,14,16H,2-4,7-8H2,1H3,(H,21,25)/t12?,14-/m1/s1. The van der Waals surface area contributed by atoms with Crippen LogP contribution in [0.15, 0.2) is 30.0 Å². The van der Waals surface area contributed by atoms with Crippen molar-refractivity contribution in [3.63, 3.8) is 0 Å². The maximum absolute atomic E-state index is 11.5. The first-order chi connectivity index (χ1) is 13.2. The van der Waals surface area contributed by atoms with E-state index in [1.165, 1.54) is 19.3 Å². The fourth-order valence-corrected chi connectivity index (χ4v) is 4.51. The molecule has 1 amide bonds. The predicted octanol–water partition coefficient (Wildman–Crippen LogP) is 3.79. The largest absolute Gasteiger partial charge is 0.489 e. The highest BCUT2D eigenvalue weighted by Gasteiger charge is 2.28. The highest BCUT2D eigenvalue weighted by molar-refractivity contribution is 7.17. The van der Waals surface area contributed by atoms with Crippen LogP contribution in [0.2, 0.25) is 0 Å². The molecular formula is C20H22N4O2S. The number of carbonyl (C=O) groups is 1. The van der Waals surface area contributed by atoms with Gasteiger partial charge in [-0.05, 0) is 43.9 Å². The Bertz CT molecular complexity index is 991. The molecular weight excluding hydrogens is 360 g/mol. The van der Waals surface area contributed by atoms with E-state index in [-0.39, 0.29) is 17.9 Å². The van der Waals surface area contributed by atoms with Gasteiger partial charge in [0, 0.05) is 30.6 Å². The molecule has 2 aliphatic rings. The van der Waals surface area contributed by atoms with Gasteiger partial charge in [0.25, 0.3) is 0 Å². The quantitative estimate of drug-likeness (QED) is 0.729. The summed E-state index contributed by atoms with van der Waals surface area (Å²) in [4.78, 5) is 16.0. The van der Waals surface area contributed by atoms with E-state index in [4.69, 9.17) is 4.74 Å². The van der Waals surface area contributed by atoms with Gasteiger partial charge in [0.2, 0.25) is 5.91 Å². The molecule has 0 bridgehead atoms. The normalized spacial score (nSPS) is 21.2. The van der Waals surface area contributed by atoms with Crippen LogP contribution in [0.4, 0.5) is 0 Å².